The highest BCUT2D eigenvalue weighted by Gasteiger charge is 2.28. The van der Waals surface area contributed by atoms with Crippen molar-refractivity contribution in [1.29, 1.82) is 0 Å². The van der Waals surface area contributed by atoms with Crippen molar-refractivity contribution in [2.45, 2.75) is 24.8 Å². The number of anilines is 1. The van der Waals surface area contributed by atoms with E-state index in [1.807, 2.05) is 32.0 Å². The lowest BCUT2D eigenvalue weighted by molar-refractivity contribution is 0.584. The van der Waals surface area contributed by atoms with Gasteiger partial charge in [-0.1, -0.05) is 41.9 Å². The SMILES string of the molecule is CC(C)N(c1ccccc1)S(=O)(=O)c1ccccc1Cl. The van der Waals surface area contributed by atoms with E-state index >= 15 is 0 Å². The van der Waals surface area contributed by atoms with Crippen molar-refractivity contribution in [1.82, 2.24) is 0 Å². The van der Waals surface area contributed by atoms with Crippen LogP contribution in [0.5, 0.6) is 0 Å². The Morgan fingerprint density at radius 2 is 1.50 bits per heavy atom. The number of nitrogens with zero attached hydrogens (tertiary/aromatic N) is 1. The predicted octanol–water partition coefficient (Wildman–Crippen LogP) is 3.94. The van der Waals surface area contributed by atoms with E-state index < -0.39 is 10.0 Å². The molecule has 0 spiro atoms. The van der Waals surface area contributed by atoms with Crippen LogP contribution in [0.15, 0.2) is 59.5 Å². The fourth-order valence-electron chi connectivity index (χ4n) is 2.05. The van der Waals surface area contributed by atoms with Gasteiger partial charge < -0.3 is 0 Å². The van der Waals surface area contributed by atoms with Crippen LogP contribution in [0.1, 0.15) is 13.8 Å². The molecule has 0 aromatic heterocycles. The number of para-hydroxylation sites is 1. The number of sulfonamides is 1. The van der Waals surface area contributed by atoms with E-state index in [9.17, 15) is 8.42 Å². The molecule has 3 nitrogen and oxygen atoms in total. The first-order valence-corrected chi connectivity index (χ1v) is 8.10. The molecule has 0 radical (unpaired) electrons. The van der Waals surface area contributed by atoms with Gasteiger partial charge in [0.1, 0.15) is 4.90 Å². The highest BCUT2D eigenvalue weighted by Crippen LogP contribution is 2.29. The minimum Gasteiger partial charge on any atom is -0.264 e. The summed E-state index contributed by atoms with van der Waals surface area (Å²) in [6, 6.07) is 15.3. The Balaban J connectivity index is 2.58. The standard InChI is InChI=1S/C15H16ClNO2S/c1-12(2)17(13-8-4-3-5-9-13)20(18,19)15-11-7-6-10-14(15)16/h3-12H,1-2H3. The van der Waals surface area contributed by atoms with Crippen molar-refractivity contribution < 1.29 is 8.42 Å². The van der Waals surface area contributed by atoms with Gasteiger partial charge in [0.2, 0.25) is 0 Å². The van der Waals surface area contributed by atoms with Gasteiger partial charge >= 0.3 is 0 Å². The van der Waals surface area contributed by atoms with Gasteiger partial charge in [0.25, 0.3) is 10.0 Å². The van der Waals surface area contributed by atoms with Gasteiger partial charge in [-0.3, -0.25) is 4.31 Å². The van der Waals surface area contributed by atoms with Crippen LogP contribution in [0.2, 0.25) is 5.02 Å². The Morgan fingerprint density at radius 3 is 2.05 bits per heavy atom. The first-order valence-electron chi connectivity index (χ1n) is 6.28. The molecule has 2 aromatic carbocycles. The molecule has 2 aromatic rings. The third kappa shape index (κ3) is 2.81. The third-order valence-corrected chi connectivity index (χ3v) is 5.36. The second kappa shape index (κ2) is 5.85. The highest BCUT2D eigenvalue weighted by molar-refractivity contribution is 7.93. The van der Waals surface area contributed by atoms with Gasteiger partial charge in [-0.15, -0.1) is 0 Å². The molecule has 0 saturated carbocycles. The van der Waals surface area contributed by atoms with Crippen molar-refractivity contribution in [2.75, 3.05) is 4.31 Å². The Morgan fingerprint density at radius 1 is 0.950 bits per heavy atom. The van der Waals surface area contributed by atoms with Crippen molar-refractivity contribution in [3.05, 3.63) is 59.6 Å². The molecule has 0 saturated heterocycles. The first kappa shape index (κ1) is 14.9. The number of benzene rings is 2. The third-order valence-electron chi connectivity index (χ3n) is 2.85. The maximum Gasteiger partial charge on any atom is 0.266 e. The molecule has 0 aliphatic heterocycles. The number of hydrogen-bond donors (Lipinski definition) is 0. The maximum atomic E-state index is 12.8. The molecule has 0 aliphatic rings. The van der Waals surface area contributed by atoms with Crippen LogP contribution in [0, 0.1) is 0 Å². The van der Waals surface area contributed by atoms with Crippen molar-refractivity contribution in [2.24, 2.45) is 0 Å². The summed E-state index contributed by atoms with van der Waals surface area (Å²) in [7, 11) is -3.68. The molecule has 0 heterocycles. The average molecular weight is 310 g/mol. The summed E-state index contributed by atoms with van der Waals surface area (Å²) in [6.07, 6.45) is 0. The topological polar surface area (TPSA) is 37.4 Å². The Kier molecular flexibility index (Phi) is 4.35. The fourth-order valence-corrected chi connectivity index (χ4v) is 4.21. The molecule has 106 valence electrons. The van der Waals surface area contributed by atoms with Crippen molar-refractivity contribution >= 4 is 27.3 Å². The zero-order valence-corrected chi connectivity index (χ0v) is 12.9. The van der Waals surface area contributed by atoms with E-state index in [-0.39, 0.29) is 16.0 Å². The van der Waals surface area contributed by atoms with E-state index in [4.69, 9.17) is 11.6 Å². The Bertz CT molecular complexity index is 684. The molecule has 5 heteroatoms. The van der Waals surface area contributed by atoms with Gasteiger partial charge in [-0.2, -0.15) is 0 Å². The largest absolute Gasteiger partial charge is 0.266 e. The molecule has 0 bridgehead atoms. The van der Waals surface area contributed by atoms with E-state index in [1.54, 1.807) is 30.3 Å². The van der Waals surface area contributed by atoms with Gasteiger partial charge in [-0.25, -0.2) is 8.42 Å². The molecule has 0 unspecified atom stereocenters. The van der Waals surface area contributed by atoms with Crippen LogP contribution >= 0.6 is 11.6 Å². The molecule has 2 rings (SSSR count). The van der Waals surface area contributed by atoms with Gasteiger partial charge in [0, 0.05) is 6.04 Å². The summed E-state index contributed by atoms with van der Waals surface area (Å²) in [6.45, 7) is 3.67. The lowest BCUT2D eigenvalue weighted by atomic mass is 10.3. The summed E-state index contributed by atoms with van der Waals surface area (Å²) in [5.74, 6) is 0. The molecule has 0 N–H and O–H groups in total. The van der Waals surface area contributed by atoms with E-state index in [0.29, 0.717) is 5.69 Å². The number of rotatable bonds is 4. The van der Waals surface area contributed by atoms with E-state index in [0.717, 1.165) is 0 Å². The van der Waals surface area contributed by atoms with E-state index in [1.165, 1.54) is 10.4 Å². The second-order valence-corrected chi connectivity index (χ2v) is 6.85. The average Bonchev–Trinajstić information content (AvgIpc) is 2.39. The van der Waals surface area contributed by atoms with Crippen LogP contribution < -0.4 is 4.31 Å². The maximum absolute atomic E-state index is 12.8. The van der Waals surface area contributed by atoms with Crippen LogP contribution in [0.25, 0.3) is 0 Å². The smallest absolute Gasteiger partial charge is 0.264 e. The normalized spacial score (nSPS) is 11.6. The minimum atomic E-state index is -3.68. The molecule has 20 heavy (non-hydrogen) atoms. The summed E-state index contributed by atoms with van der Waals surface area (Å²) >= 11 is 6.04. The molecule has 0 amide bonds. The lowest BCUT2D eigenvalue weighted by Crippen LogP contribution is -2.37. The predicted molar refractivity (Wildman–Crippen MR) is 82.7 cm³/mol. The lowest BCUT2D eigenvalue weighted by Gasteiger charge is -2.28. The molecule has 0 fully saturated rings. The highest BCUT2D eigenvalue weighted by atomic mass is 35.5. The fraction of sp³-hybridized carbons (Fsp3) is 0.200. The number of halogens is 1. The Labute approximate surface area is 124 Å². The molecular formula is C15H16ClNO2S. The van der Waals surface area contributed by atoms with Crippen molar-refractivity contribution in [3.63, 3.8) is 0 Å². The molecule has 0 atom stereocenters. The van der Waals surface area contributed by atoms with Crippen LogP contribution in [0.3, 0.4) is 0 Å². The zero-order valence-electron chi connectivity index (χ0n) is 11.3. The second-order valence-electron chi connectivity index (χ2n) is 4.66. The van der Waals surface area contributed by atoms with Gasteiger partial charge in [0.05, 0.1) is 10.7 Å². The van der Waals surface area contributed by atoms with Crippen LogP contribution in [-0.4, -0.2) is 14.5 Å². The Hall–Kier alpha value is -1.52. The van der Waals surface area contributed by atoms with Crippen molar-refractivity contribution in [3.8, 4) is 0 Å². The summed E-state index contributed by atoms with van der Waals surface area (Å²) in [5.41, 5.74) is 0.627. The minimum absolute atomic E-state index is 0.124. The first-order chi connectivity index (χ1) is 9.44. The van der Waals surface area contributed by atoms with Gasteiger partial charge in [0.15, 0.2) is 0 Å². The monoisotopic (exact) mass is 309 g/mol. The molecular weight excluding hydrogens is 294 g/mol. The van der Waals surface area contributed by atoms with Crippen LogP contribution in [-0.2, 0) is 10.0 Å². The van der Waals surface area contributed by atoms with Gasteiger partial charge in [-0.05, 0) is 38.1 Å². The molecule has 0 aliphatic carbocycles. The quantitative estimate of drug-likeness (QED) is 0.857. The zero-order chi connectivity index (χ0) is 14.8. The number of hydrogen-bond acceptors (Lipinski definition) is 2. The summed E-state index contributed by atoms with van der Waals surface area (Å²) in [4.78, 5) is 0.124. The van der Waals surface area contributed by atoms with E-state index in [2.05, 4.69) is 0 Å². The van der Waals surface area contributed by atoms with Crippen LogP contribution in [0.4, 0.5) is 5.69 Å². The summed E-state index contributed by atoms with van der Waals surface area (Å²) in [5, 5.41) is 0.231. The summed E-state index contributed by atoms with van der Waals surface area (Å²) < 4.78 is 27.1.